The topological polar surface area (TPSA) is 105 Å². The lowest BCUT2D eigenvalue weighted by Gasteiger charge is -2.35. The molecule has 0 radical (unpaired) electrons. The van der Waals surface area contributed by atoms with Crippen molar-refractivity contribution >= 4 is 6.16 Å². The van der Waals surface area contributed by atoms with E-state index in [4.69, 9.17) is 9.84 Å². The van der Waals surface area contributed by atoms with Crippen molar-refractivity contribution in [2.24, 2.45) is 0 Å². The molecule has 2 heterocycles. The Morgan fingerprint density at radius 1 is 1.21 bits per heavy atom. The van der Waals surface area contributed by atoms with E-state index in [1.165, 1.54) is 0 Å². The number of carbonyl (C=O) groups excluding carboxylic acids is 1. The van der Waals surface area contributed by atoms with Crippen molar-refractivity contribution in [3.8, 4) is 0 Å². The van der Waals surface area contributed by atoms with Gasteiger partial charge in [-0.15, -0.1) is 0 Å². The lowest BCUT2D eigenvalue weighted by molar-refractivity contribution is -0.261. The Balaban J connectivity index is 2.15. The van der Waals surface area contributed by atoms with Crippen LogP contribution in [0.3, 0.4) is 0 Å². The van der Waals surface area contributed by atoms with Crippen molar-refractivity contribution < 1.29 is 34.3 Å². The van der Waals surface area contributed by atoms with Gasteiger partial charge in [-0.25, -0.2) is 4.79 Å². The first kappa shape index (κ1) is 9.66. The third-order valence-electron chi connectivity index (χ3n) is 2.28. The summed E-state index contributed by atoms with van der Waals surface area (Å²) in [4.78, 5) is 10.7. The second-order valence-electron chi connectivity index (χ2n) is 3.15. The summed E-state index contributed by atoms with van der Waals surface area (Å²) in [6.45, 7) is -0.473. The molecule has 0 amide bonds. The summed E-state index contributed by atoms with van der Waals surface area (Å²) in [5.41, 5.74) is 0. The summed E-state index contributed by atoms with van der Waals surface area (Å²) in [6, 6.07) is 0. The predicted molar refractivity (Wildman–Crippen MR) is 39.1 cm³/mol. The van der Waals surface area contributed by atoms with E-state index in [1.807, 2.05) is 0 Å². The number of aliphatic hydroxyl groups excluding tert-OH is 3. The summed E-state index contributed by atoms with van der Waals surface area (Å²) in [5.74, 6) is 0. The van der Waals surface area contributed by atoms with Crippen LogP contribution in [0.4, 0.5) is 4.79 Å². The Kier molecular flexibility index (Phi) is 2.31. The summed E-state index contributed by atoms with van der Waals surface area (Å²) < 4.78 is 14.0. The van der Waals surface area contributed by atoms with Gasteiger partial charge in [0.15, 0.2) is 18.5 Å². The number of aliphatic hydroxyl groups is 3. The Hall–Kier alpha value is -0.890. The van der Waals surface area contributed by atoms with Gasteiger partial charge in [-0.05, 0) is 0 Å². The van der Waals surface area contributed by atoms with Crippen LogP contribution in [0.5, 0.6) is 0 Å². The van der Waals surface area contributed by atoms with Crippen LogP contribution in [0.15, 0.2) is 0 Å². The van der Waals surface area contributed by atoms with Gasteiger partial charge >= 0.3 is 6.16 Å². The van der Waals surface area contributed by atoms with Gasteiger partial charge in [-0.1, -0.05) is 0 Å². The number of ether oxygens (including phenoxy) is 3. The molecule has 5 atom stereocenters. The Morgan fingerprint density at radius 2 is 1.86 bits per heavy atom. The molecule has 2 aliphatic heterocycles. The predicted octanol–water partition coefficient (Wildman–Crippen LogP) is -2.04. The molecule has 80 valence electrons. The first-order chi connectivity index (χ1) is 6.63. The molecule has 3 unspecified atom stereocenters. The van der Waals surface area contributed by atoms with Gasteiger partial charge in [0.25, 0.3) is 0 Å². The summed E-state index contributed by atoms with van der Waals surface area (Å²) in [7, 11) is 0. The van der Waals surface area contributed by atoms with Crippen molar-refractivity contribution in [2.75, 3.05) is 6.61 Å². The van der Waals surface area contributed by atoms with Gasteiger partial charge in [-0.3, -0.25) is 0 Å². The monoisotopic (exact) mass is 206 g/mol. The third kappa shape index (κ3) is 1.34. The molecule has 7 nitrogen and oxygen atoms in total. The maximum atomic E-state index is 10.7. The molecular formula is C7H10O7. The van der Waals surface area contributed by atoms with Crippen LogP contribution in [0.2, 0.25) is 0 Å². The molecule has 0 aliphatic carbocycles. The molecule has 7 heteroatoms. The molecular weight excluding hydrogens is 196 g/mol. The van der Waals surface area contributed by atoms with Gasteiger partial charge in [-0.2, -0.15) is 0 Å². The van der Waals surface area contributed by atoms with Crippen LogP contribution >= 0.6 is 0 Å². The van der Waals surface area contributed by atoms with Gasteiger partial charge in [0.05, 0.1) is 6.61 Å². The van der Waals surface area contributed by atoms with Crippen molar-refractivity contribution in [3.05, 3.63) is 0 Å². The molecule has 2 fully saturated rings. The smallest absolute Gasteiger partial charge is 0.424 e. The molecule has 0 aromatic heterocycles. The maximum Gasteiger partial charge on any atom is 0.509 e. The molecule has 2 saturated heterocycles. The second-order valence-corrected chi connectivity index (χ2v) is 3.15. The number of rotatable bonds is 1. The molecule has 14 heavy (non-hydrogen) atoms. The minimum absolute atomic E-state index is 0.473. The average Bonchev–Trinajstić information content (AvgIpc) is 2.54. The molecule has 2 aliphatic rings. The fourth-order valence-corrected chi connectivity index (χ4v) is 1.57. The fraction of sp³-hybridized carbons (Fsp3) is 0.857. The zero-order chi connectivity index (χ0) is 10.3. The van der Waals surface area contributed by atoms with Crippen LogP contribution in [0.25, 0.3) is 0 Å². The zero-order valence-corrected chi connectivity index (χ0v) is 7.07. The number of carbonyl (C=O) groups is 1. The van der Waals surface area contributed by atoms with Crippen molar-refractivity contribution in [3.63, 3.8) is 0 Å². The van der Waals surface area contributed by atoms with Crippen molar-refractivity contribution in [1.29, 1.82) is 0 Å². The van der Waals surface area contributed by atoms with Crippen LogP contribution in [0, 0.1) is 0 Å². The van der Waals surface area contributed by atoms with Crippen LogP contribution in [-0.4, -0.2) is 58.8 Å². The van der Waals surface area contributed by atoms with E-state index in [0.717, 1.165) is 0 Å². The van der Waals surface area contributed by atoms with E-state index in [-0.39, 0.29) is 0 Å². The first-order valence-electron chi connectivity index (χ1n) is 4.13. The van der Waals surface area contributed by atoms with E-state index in [1.54, 1.807) is 0 Å². The normalized spacial score (nSPS) is 46.8. The van der Waals surface area contributed by atoms with E-state index in [0.29, 0.717) is 0 Å². The second kappa shape index (κ2) is 3.35. The van der Waals surface area contributed by atoms with E-state index < -0.39 is 43.5 Å². The summed E-state index contributed by atoms with van der Waals surface area (Å²) >= 11 is 0. The molecule has 0 saturated carbocycles. The summed E-state index contributed by atoms with van der Waals surface area (Å²) in [5, 5.41) is 27.6. The largest absolute Gasteiger partial charge is 0.509 e. The molecule has 0 aromatic carbocycles. The number of hydrogen-bond donors (Lipinski definition) is 3. The summed E-state index contributed by atoms with van der Waals surface area (Å²) in [6.07, 6.45) is -6.52. The minimum atomic E-state index is -1.38. The highest BCUT2D eigenvalue weighted by molar-refractivity contribution is 5.62. The Morgan fingerprint density at radius 3 is 2.50 bits per heavy atom. The van der Waals surface area contributed by atoms with Crippen LogP contribution in [0.1, 0.15) is 0 Å². The number of hydrogen-bond acceptors (Lipinski definition) is 7. The lowest BCUT2D eigenvalue weighted by Crippen LogP contribution is -2.57. The molecule has 0 spiro atoms. The standard InChI is InChI=1S/C7H10O7/c8-1-2-3(9)4-5(6(10)12-2)14-7(11)13-4/h2-6,8-10H,1H2/t2?,3-,4?,5?,6+/m1/s1. The van der Waals surface area contributed by atoms with Crippen LogP contribution in [-0.2, 0) is 14.2 Å². The molecule has 0 aromatic rings. The Bertz CT molecular complexity index is 242. The molecule has 2 rings (SSSR count). The van der Waals surface area contributed by atoms with Gasteiger partial charge in [0.1, 0.15) is 12.2 Å². The SMILES string of the molecule is O=C1OC2C(O1)[C@@H](O)OC(CO)[C@H]2O. The number of fused-ring (bicyclic) bond motifs is 1. The zero-order valence-electron chi connectivity index (χ0n) is 7.07. The van der Waals surface area contributed by atoms with Gasteiger partial charge in [0.2, 0.25) is 0 Å². The Labute approximate surface area is 78.8 Å². The minimum Gasteiger partial charge on any atom is -0.424 e. The van der Waals surface area contributed by atoms with Crippen molar-refractivity contribution in [2.45, 2.75) is 30.7 Å². The van der Waals surface area contributed by atoms with Gasteiger partial charge in [0, 0.05) is 0 Å². The maximum absolute atomic E-state index is 10.7. The van der Waals surface area contributed by atoms with Crippen LogP contribution < -0.4 is 0 Å². The van der Waals surface area contributed by atoms with E-state index in [2.05, 4.69) is 9.47 Å². The van der Waals surface area contributed by atoms with Gasteiger partial charge < -0.3 is 29.5 Å². The van der Waals surface area contributed by atoms with Crippen molar-refractivity contribution in [1.82, 2.24) is 0 Å². The third-order valence-corrected chi connectivity index (χ3v) is 2.28. The highest BCUT2D eigenvalue weighted by Crippen LogP contribution is 2.29. The molecule has 3 N–H and O–H groups in total. The van der Waals surface area contributed by atoms with E-state index in [9.17, 15) is 15.0 Å². The fourth-order valence-electron chi connectivity index (χ4n) is 1.57. The highest BCUT2D eigenvalue weighted by atomic mass is 16.8. The average molecular weight is 206 g/mol. The lowest BCUT2D eigenvalue weighted by atomic mass is 10.00. The first-order valence-corrected chi connectivity index (χ1v) is 4.13. The quantitative estimate of drug-likeness (QED) is 0.424. The molecule has 0 bridgehead atoms. The highest BCUT2D eigenvalue weighted by Gasteiger charge is 2.53. The van der Waals surface area contributed by atoms with E-state index >= 15 is 0 Å².